The SMILES string of the molecule is CC1Cc2ccccc2N1C(=O)CN(CCN)CCc1ccccc1.Cl. The Kier molecular flexibility index (Phi) is 7.64. The zero-order chi connectivity index (χ0) is 17.6. The number of rotatable bonds is 7. The Morgan fingerprint density at radius 3 is 2.54 bits per heavy atom. The summed E-state index contributed by atoms with van der Waals surface area (Å²) in [6.07, 6.45) is 1.86. The molecular weight excluding hydrogens is 346 g/mol. The highest BCUT2D eigenvalue weighted by Crippen LogP contribution is 2.31. The van der Waals surface area contributed by atoms with Crippen molar-refractivity contribution in [1.82, 2.24) is 4.90 Å². The lowest BCUT2D eigenvalue weighted by Crippen LogP contribution is -2.45. The largest absolute Gasteiger partial charge is 0.329 e. The summed E-state index contributed by atoms with van der Waals surface area (Å²) < 4.78 is 0. The molecule has 0 aliphatic carbocycles. The Morgan fingerprint density at radius 1 is 1.12 bits per heavy atom. The van der Waals surface area contributed by atoms with Gasteiger partial charge in [0.05, 0.1) is 6.54 Å². The van der Waals surface area contributed by atoms with Gasteiger partial charge in [-0.15, -0.1) is 12.4 Å². The highest BCUT2D eigenvalue weighted by atomic mass is 35.5. The lowest BCUT2D eigenvalue weighted by Gasteiger charge is -2.27. The molecule has 0 bridgehead atoms. The topological polar surface area (TPSA) is 49.6 Å². The fourth-order valence-corrected chi connectivity index (χ4v) is 3.60. The predicted octanol–water partition coefficient (Wildman–Crippen LogP) is 2.89. The summed E-state index contributed by atoms with van der Waals surface area (Å²) in [5.74, 6) is 0.166. The second-order valence-corrected chi connectivity index (χ2v) is 6.75. The molecule has 4 nitrogen and oxygen atoms in total. The number of hydrogen-bond donors (Lipinski definition) is 1. The van der Waals surface area contributed by atoms with Crippen molar-refractivity contribution in [2.45, 2.75) is 25.8 Å². The van der Waals surface area contributed by atoms with E-state index in [4.69, 9.17) is 5.73 Å². The Hall–Kier alpha value is -1.88. The second kappa shape index (κ2) is 9.72. The third kappa shape index (κ3) is 4.85. The standard InChI is InChI=1S/C21H27N3O.ClH/c1-17-15-19-9-5-6-10-20(19)24(17)21(25)16-23(14-12-22)13-11-18-7-3-2-4-8-18;/h2-10,17H,11-16,22H2,1H3;1H. The molecule has 140 valence electrons. The maximum Gasteiger partial charge on any atom is 0.241 e. The van der Waals surface area contributed by atoms with E-state index in [0.29, 0.717) is 13.1 Å². The number of carbonyl (C=O) groups excluding carboxylic acids is 1. The van der Waals surface area contributed by atoms with Crippen LogP contribution in [0.4, 0.5) is 5.69 Å². The van der Waals surface area contributed by atoms with E-state index in [-0.39, 0.29) is 24.4 Å². The molecule has 0 radical (unpaired) electrons. The summed E-state index contributed by atoms with van der Waals surface area (Å²) in [6, 6.07) is 18.8. The monoisotopic (exact) mass is 373 g/mol. The molecule has 1 atom stereocenters. The summed E-state index contributed by atoms with van der Waals surface area (Å²) in [5, 5.41) is 0. The fraction of sp³-hybridized carbons (Fsp3) is 0.381. The smallest absolute Gasteiger partial charge is 0.241 e. The second-order valence-electron chi connectivity index (χ2n) is 6.75. The molecule has 1 amide bonds. The van der Waals surface area contributed by atoms with Gasteiger partial charge in [-0.05, 0) is 37.0 Å². The van der Waals surface area contributed by atoms with Gasteiger partial charge in [-0.1, -0.05) is 48.5 Å². The normalized spacial score (nSPS) is 15.7. The van der Waals surface area contributed by atoms with Gasteiger partial charge in [-0.25, -0.2) is 0 Å². The maximum atomic E-state index is 13.0. The first kappa shape index (κ1) is 20.4. The van der Waals surface area contributed by atoms with Crippen molar-refractivity contribution in [3.8, 4) is 0 Å². The molecule has 0 fully saturated rings. The van der Waals surface area contributed by atoms with Crippen LogP contribution in [-0.4, -0.2) is 43.0 Å². The molecule has 3 rings (SSSR count). The van der Waals surface area contributed by atoms with E-state index in [1.165, 1.54) is 11.1 Å². The van der Waals surface area contributed by atoms with Crippen LogP contribution in [0.15, 0.2) is 54.6 Å². The first-order valence-electron chi connectivity index (χ1n) is 9.05. The average Bonchev–Trinajstić information content (AvgIpc) is 2.96. The minimum Gasteiger partial charge on any atom is -0.329 e. The molecule has 2 aromatic rings. The van der Waals surface area contributed by atoms with Crippen molar-refractivity contribution < 1.29 is 4.79 Å². The summed E-state index contributed by atoms with van der Waals surface area (Å²) in [7, 11) is 0. The van der Waals surface area contributed by atoms with Crippen LogP contribution in [0.1, 0.15) is 18.1 Å². The Labute approximate surface area is 162 Å². The van der Waals surface area contributed by atoms with E-state index in [1.807, 2.05) is 29.2 Å². The molecule has 0 spiro atoms. The molecule has 1 unspecified atom stereocenters. The van der Waals surface area contributed by atoms with Crippen LogP contribution in [0.5, 0.6) is 0 Å². The van der Waals surface area contributed by atoms with E-state index in [9.17, 15) is 4.79 Å². The molecule has 2 N–H and O–H groups in total. The number of hydrogen-bond acceptors (Lipinski definition) is 3. The zero-order valence-corrected chi connectivity index (χ0v) is 16.1. The van der Waals surface area contributed by atoms with Crippen molar-refractivity contribution in [3.63, 3.8) is 0 Å². The molecule has 26 heavy (non-hydrogen) atoms. The summed E-state index contributed by atoms with van der Waals surface area (Å²) in [6.45, 7) is 4.69. The number of nitrogens with zero attached hydrogens (tertiary/aromatic N) is 2. The number of carbonyl (C=O) groups is 1. The van der Waals surface area contributed by atoms with Gasteiger partial charge >= 0.3 is 0 Å². The Balaban J connectivity index is 0.00000243. The van der Waals surface area contributed by atoms with Crippen molar-refractivity contribution in [3.05, 3.63) is 65.7 Å². The highest BCUT2D eigenvalue weighted by Gasteiger charge is 2.31. The minimum absolute atomic E-state index is 0. The third-order valence-electron chi connectivity index (χ3n) is 4.84. The fourth-order valence-electron chi connectivity index (χ4n) is 3.60. The van der Waals surface area contributed by atoms with Crippen molar-refractivity contribution in [2.24, 2.45) is 5.73 Å². The number of amides is 1. The summed E-state index contributed by atoms with van der Waals surface area (Å²) >= 11 is 0. The third-order valence-corrected chi connectivity index (χ3v) is 4.84. The van der Waals surface area contributed by atoms with Gasteiger partial charge in [0.1, 0.15) is 0 Å². The number of anilines is 1. The van der Waals surface area contributed by atoms with Crippen LogP contribution in [0.25, 0.3) is 0 Å². The van der Waals surface area contributed by atoms with Gasteiger partial charge in [0, 0.05) is 31.4 Å². The lowest BCUT2D eigenvalue weighted by atomic mass is 10.1. The Bertz CT molecular complexity index is 707. The van der Waals surface area contributed by atoms with E-state index in [0.717, 1.165) is 31.6 Å². The highest BCUT2D eigenvalue weighted by molar-refractivity contribution is 5.97. The van der Waals surface area contributed by atoms with Gasteiger partial charge in [-0.3, -0.25) is 9.69 Å². The van der Waals surface area contributed by atoms with Crippen LogP contribution in [0.2, 0.25) is 0 Å². The number of para-hydroxylation sites is 1. The van der Waals surface area contributed by atoms with Crippen LogP contribution < -0.4 is 10.6 Å². The molecule has 2 aromatic carbocycles. The van der Waals surface area contributed by atoms with Crippen LogP contribution >= 0.6 is 12.4 Å². The van der Waals surface area contributed by atoms with Crippen LogP contribution in [0, 0.1) is 0 Å². The predicted molar refractivity (Wildman–Crippen MR) is 110 cm³/mol. The molecule has 0 saturated heterocycles. The zero-order valence-electron chi connectivity index (χ0n) is 15.3. The first-order valence-corrected chi connectivity index (χ1v) is 9.05. The molecule has 0 saturated carbocycles. The van der Waals surface area contributed by atoms with Gasteiger partial charge in [0.2, 0.25) is 5.91 Å². The summed E-state index contributed by atoms with van der Waals surface area (Å²) in [5.41, 5.74) is 9.38. The van der Waals surface area contributed by atoms with Crippen molar-refractivity contribution in [1.29, 1.82) is 0 Å². The number of halogens is 1. The van der Waals surface area contributed by atoms with Crippen LogP contribution in [-0.2, 0) is 17.6 Å². The maximum absolute atomic E-state index is 13.0. The van der Waals surface area contributed by atoms with E-state index >= 15 is 0 Å². The molecule has 1 aliphatic heterocycles. The molecule has 1 heterocycles. The average molecular weight is 374 g/mol. The molecule has 1 aliphatic rings. The molecular formula is C21H28ClN3O. The van der Waals surface area contributed by atoms with Crippen LogP contribution in [0.3, 0.4) is 0 Å². The summed E-state index contributed by atoms with van der Waals surface area (Å²) in [4.78, 5) is 17.1. The van der Waals surface area contributed by atoms with Gasteiger partial charge in [-0.2, -0.15) is 0 Å². The number of nitrogens with two attached hydrogens (primary N) is 1. The first-order chi connectivity index (χ1) is 12.2. The molecule has 0 aromatic heterocycles. The Morgan fingerprint density at radius 2 is 1.81 bits per heavy atom. The lowest BCUT2D eigenvalue weighted by molar-refractivity contribution is -0.120. The van der Waals surface area contributed by atoms with Gasteiger partial charge < -0.3 is 10.6 Å². The minimum atomic E-state index is 0. The number of benzene rings is 2. The van der Waals surface area contributed by atoms with E-state index in [2.05, 4.69) is 42.2 Å². The number of fused-ring (bicyclic) bond motifs is 1. The molecule has 5 heteroatoms. The van der Waals surface area contributed by atoms with Crippen molar-refractivity contribution >= 4 is 24.0 Å². The van der Waals surface area contributed by atoms with Crippen molar-refractivity contribution in [2.75, 3.05) is 31.1 Å². The van der Waals surface area contributed by atoms with E-state index in [1.54, 1.807) is 0 Å². The van der Waals surface area contributed by atoms with E-state index < -0.39 is 0 Å². The van der Waals surface area contributed by atoms with Gasteiger partial charge in [0.15, 0.2) is 0 Å². The van der Waals surface area contributed by atoms with Gasteiger partial charge in [0.25, 0.3) is 0 Å². The quantitative estimate of drug-likeness (QED) is 0.811.